The molecule has 2 aromatic carbocycles. The first-order chi connectivity index (χ1) is 14.0. The molecule has 1 heterocycles. The first kappa shape index (κ1) is 19.3. The fourth-order valence-electron chi connectivity index (χ4n) is 4.29. The number of halogens is 1. The Morgan fingerprint density at radius 1 is 0.931 bits per heavy atom. The van der Waals surface area contributed by atoms with Crippen LogP contribution in [0.25, 0.3) is 0 Å². The summed E-state index contributed by atoms with van der Waals surface area (Å²) in [5.41, 5.74) is 1.84. The minimum Gasteiger partial charge on any atom is -0.345 e. The van der Waals surface area contributed by atoms with Crippen molar-refractivity contribution in [2.45, 2.75) is 44.6 Å². The van der Waals surface area contributed by atoms with Crippen LogP contribution in [0, 0.1) is 11.7 Å². The van der Waals surface area contributed by atoms with Gasteiger partial charge >= 0.3 is 0 Å². The number of imide groups is 1. The number of carbonyl (C=O) groups is 3. The van der Waals surface area contributed by atoms with E-state index in [2.05, 4.69) is 5.32 Å². The van der Waals surface area contributed by atoms with Gasteiger partial charge in [-0.15, -0.1) is 0 Å². The summed E-state index contributed by atoms with van der Waals surface area (Å²) in [6.45, 7) is 0. The van der Waals surface area contributed by atoms with E-state index >= 15 is 0 Å². The van der Waals surface area contributed by atoms with Gasteiger partial charge in [-0.25, -0.2) is 4.39 Å². The Hall–Kier alpha value is -3.02. The zero-order valence-corrected chi connectivity index (χ0v) is 16.1. The van der Waals surface area contributed by atoms with Crippen molar-refractivity contribution in [2.24, 2.45) is 5.92 Å². The molecule has 29 heavy (non-hydrogen) atoms. The Labute approximate surface area is 168 Å². The SMILES string of the molecule is O=C(N[C@H](c1ccc(F)cc1)C1CCCC1)c1ccc(N2C(=O)CCC2=O)cc1. The molecule has 4 rings (SSSR count). The van der Waals surface area contributed by atoms with Gasteiger partial charge in [0, 0.05) is 18.4 Å². The van der Waals surface area contributed by atoms with Gasteiger partial charge in [0.2, 0.25) is 11.8 Å². The Morgan fingerprint density at radius 3 is 2.10 bits per heavy atom. The third kappa shape index (κ3) is 4.06. The fourth-order valence-corrected chi connectivity index (χ4v) is 4.29. The van der Waals surface area contributed by atoms with Crippen LogP contribution >= 0.6 is 0 Å². The Morgan fingerprint density at radius 2 is 1.52 bits per heavy atom. The molecular formula is C23H23FN2O3. The molecule has 0 aromatic heterocycles. The average Bonchev–Trinajstić information content (AvgIpc) is 3.37. The van der Waals surface area contributed by atoms with Crippen LogP contribution in [0.2, 0.25) is 0 Å². The summed E-state index contributed by atoms with van der Waals surface area (Å²) in [7, 11) is 0. The summed E-state index contributed by atoms with van der Waals surface area (Å²) in [6, 6.07) is 12.6. The number of hydrogen-bond donors (Lipinski definition) is 1. The van der Waals surface area contributed by atoms with Crippen molar-refractivity contribution >= 4 is 23.4 Å². The molecule has 2 aliphatic rings. The van der Waals surface area contributed by atoms with Crippen LogP contribution in [0.3, 0.4) is 0 Å². The van der Waals surface area contributed by atoms with Crippen molar-refractivity contribution < 1.29 is 18.8 Å². The third-order valence-electron chi connectivity index (χ3n) is 5.83. The number of carbonyl (C=O) groups excluding carboxylic acids is 3. The number of amides is 3. The van der Waals surface area contributed by atoms with Gasteiger partial charge in [0.05, 0.1) is 11.7 Å². The highest BCUT2D eigenvalue weighted by Crippen LogP contribution is 2.36. The van der Waals surface area contributed by atoms with Crippen molar-refractivity contribution in [1.82, 2.24) is 5.32 Å². The Balaban J connectivity index is 1.52. The van der Waals surface area contributed by atoms with Gasteiger partial charge in [-0.3, -0.25) is 19.3 Å². The highest BCUT2D eigenvalue weighted by atomic mass is 19.1. The van der Waals surface area contributed by atoms with E-state index in [1.807, 2.05) is 0 Å². The molecule has 150 valence electrons. The lowest BCUT2D eigenvalue weighted by Gasteiger charge is -2.25. The molecule has 1 atom stereocenters. The van der Waals surface area contributed by atoms with Crippen molar-refractivity contribution in [2.75, 3.05) is 4.90 Å². The fraction of sp³-hybridized carbons (Fsp3) is 0.348. The number of anilines is 1. The second kappa shape index (κ2) is 8.15. The maximum Gasteiger partial charge on any atom is 0.251 e. The highest BCUT2D eigenvalue weighted by molar-refractivity contribution is 6.19. The highest BCUT2D eigenvalue weighted by Gasteiger charge is 2.31. The van der Waals surface area contributed by atoms with Crippen LogP contribution in [0.1, 0.15) is 60.5 Å². The van der Waals surface area contributed by atoms with E-state index in [0.717, 1.165) is 31.2 Å². The average molecular weight is 394 g/mol. The monoisotopic (exact) mass is 394 g/mol. The lowest BCUT2D eigenvalue weighted by atomic mass is 9.91. The second-order valence-electron chi connectivity index (χ2n) is 7.72. The van der Waals surface area contributed by atoms with Gasteiger partial charge in [0.15, 0.2) is 0 Å². The first-order valence-electron chi connectivity index (χ1n) is 10.0. The summed E-state index contributed by atoms with van der Waals surface area (Å²) in [5, 5.41) is 3.11. The summed E-state index contributed by atoms with van der Waals surface area (Å²) in [4.78, 5) is 37.8. The van der Waals surface area contributed by atoms with Gasteiger partial charge in [-0.1, -0.05) is 25.0 Å². The predicted octanol–water partition coefficient (Wildman–Crippen LogP) is 4.14. The number of hydrogen-bond acceptors (Lipinski definition) is 3. The van der Waals surface area contributed by atoms with Gasteiger partial charge in [-0.2, -0.15) is 0 Å². The molecule has 0 bridgehead atoms. The number of benzene rings is 2. The van der Waals surface area contributed by atoms with Gasteiger partial charge < -0.3 is 5.32 Å². The predicted molar refractivity (Wildman–Crippen MR) is 107 cm³/mol. The normalized spacial score (nSPS) is 18.3. The molecule has 6 heteroatoms. The molecule has 1 saturated heterocycles. The minimum atomic E-state index is -0.299. The zero-order valence-electron chi connectivity index (χ0n) is 16.1. The molecule has 1 saturated carbocycles. The molecule has 1 N–H and O–H groups in total. The quantitative estimate of drug-likeness (QED) is 0.775. The summed E-state index contributed by atoms with van der Waals surface area (Å²) in [5.74, 6) is -0.637. The maximum absolute atomic E-state index is 13.3. The number of nitrogens with zero attached hydrogens (tertiary/aromatic N) is 1. The summed E-state index contributed by atoms with van der Waals surface area (Å²) in [6.07, 6.45) is 4.76. The molecular weight excluding hydrogens is 371 g/mol. The van der Waals surface area contributed by atoms with E-state index in [9.17, 15) is 18.8 Å². The molecule has 0 radical (unpaired) electrons. The smallest absolute Gasteiger partial charge is 0.251 e. The van der Waals surface area contributed by atoms with Gasteiger partial charge in [0.1, 0.15) is 5.82 Å². The molecule has 1 aliphatic carbocycles. The lowest BCUT2D eigenvalue weighted by molar-refractivity contribution is -0.121. The number of rotatable bonds is 5. The standard InChI is InChI=1S/C23H23FN2O3/c24-18-9-5-16(6-10-18)22(15-3-1-2-4-15)25-23(29)17-7-11-19(12-8-17)26-20(27)13-14-21(26)28/h5-12,15,22H,1-4,13-14H2,(H,25,29)/t22-/m0/s1. The molecule has 1 aliphatic heterocycles. The maximum atomic E-state index is 13.3. The van der Waals surface area contributed by atoms with E-state index in [1.165, 1.54) is 17.0 Å². The Bertz CT molecular complexity index is 902. The van der Waals surface area contributed by atoms with Crippen LogP contribution in [0.4, 0.5) is 10.1 Å². The largest absolute Gasteiger partial charge is 0.345 e. The number of nitrogens with one attached hydrogen (secondary N) is 1. The van der Waals surface area contributed by atoms with Gasteiger partial charge in [0.25, 0.3) is 5.91 Å². The Kier molecular flexibility index (Phi) is 5.43. The molecule has 5 nitrogen and oxygen atoms in total. The molecule has 2 fully saturated rings. The van der Waals surface area contributed by atoms with Crippen molar-refractivity contribution in [1.29, 1.82) is 0 Å². The van der Waals surface area contributed by atoms with E-state index in [4.69, 9.17) is 0 Å². The van der Waals surface area contributed by atoms with Crippen molar-refractivity contribution in [3.8, 4) is 0 Å². The third-order valence-corrected chi connectivity index (χ3v) is 5.83. The van der Waals surface area contributed by atoms with E-state index in [0.29, 0.717) is 17.2 Å². The van der Waals surface area contributed by atoms with Crippen molar-refractivity contribution in [3.05, 3.63) is 65.5 Å². The van der Waals surface area contributed by atoms with Crippen molar-refractivity contribution in [3.63, 3.8) is 0 Å². The topological polar surface area (TPSA) is 66.5 Å². The molecule has 0 spiro atoms. The first-order valence-corrected chi connectivity index (χ1v) is 10.0. The van der Waals surface area contributed by atoms with Crippen LogP contribution < -0.4 is 10.2 Å². The zero-order chi connectivity index (χ0) is 20.4. The van der Waals surface area contributed by atoms with Crippen LogP contribution in [-0.4, -0.2) is 17.7 Å². The minimum absolute atomic E-state index is 0.174. The summed E-state index contributed by atoms with van der Waals surface area (Å²) < 4.78 is 13.3. The van der Waals surface area contributed by atoms with E-state index in [1.54, 1.807) is 36.4 Å². The summed E-state index contributed by atoms with van der Waals surface area (Å²) >= 11 is 0. The van der Waals surface area contributed by atoms with Crippen LogP contribution in [0.5, 0.6) is 0 Å². The van der Waals surface area contributed by atoms with E-state index in [-0.39, 0.29) is 42.4 Å². The lowest BCUT2D eigenvalue weighted by Crippen LogP contribution is -2.33. The van der Waals surface area contributed by atoms with Gasteiger partial charge in [-0.05, 0) is 60.7 Å². The van der Waals surface area contributed by atoms with Crippen LogP contribution in [-0.2, 0) is 9.59 Å². The molecule has 3 amide bonds. The second-order valence-corrected chi connectivity index (χ2v) is 7.72. The molecule has 0 unspecified atom stereocenters. The molecule has 2 aromatic rings. The van der Waals surface area contributed by atoms with E-state index < -0.39 is 0 Å². The van der Waals surface area contributed by atoms with Crippen LogP contribution in [0.15, 0.2) is 48.5 Å².